The van der Waals surface area contributed by atoms with E-state index in [4.69, 9.17) is 14.2 Å². The van der Waals surface area contributed by atoms with Gasteiger partial charge in [0.05, 0.1) is 33.8 Å². The van der Waals surface area contributed by atoms with E-state index in [-0.39, 0.29) is 6.42 Å². The molecular formula is C20H22FNO5. The quantitative estimate of drug-likeness (QED) is 0.753. The van der Waals surface area contributed by atoms with E-state index in [1.807, 2.05) is 6.92 Å². The summed E-state index contributed by atoms with van der Waals surface area (Å²) >= 11 is 0. The topological polar surface area (TPSA) is 73.9 Å². The molecule has 0 radical (unpaired) electrons. The maximum atomic E-state index is 13.2. The third-order valence-corrected chi connectivity index (χ3v) is 4.19. The Hall–Kier alpha value is -3.09. The van der Waals surface area contributed by atoms with Crippen LogP contribution in [0, 0.1) is 12.7 Å². The van der Waals surface area contributed by atoms with Gasteiger partial charge in [-0.25, -0.2) is 4.39 Å². The van der Waals surface area contributed by atoms with Crippen molar-refractivity contribution in [3.8, 4) is 11.5 Å². The summed E-state index contributed by atoms with van der Waals surface area (Å²) in [5, 5.41) is 2.78. The number of nitrogens with one attached hydrogen (secondary N) is 1. The first-order valence-corrected chi connectivity index (χ1v) is 8.25. The molecule has 0 saturated carbocycles. The molecule has 0 fully saturated rings. The molecule has 1 atom stereocenters. The minimum atomic E-state index is -0.677. The van der Waals surface area contributed by atoms with Gasteiger partial charge in [-0.1, -0.05) is 12.1 Å². The maximum Gasteiger partial charge on any atom is 0.307 e. The smallest absolute Gasteiger partial charge is 0.307 e. The summed E-state index contributed by atoms with van der Waals surface area (Å²) in [4.78, 5) is 24.5. The highest BCUT2D eigenvalue weighted by Crippen LogP contribution is 2.30. The zero-order chi connectivity index (χ0) is 20.0. The molecule has 2 aromatic carbocycles. The Morgan fingerprint density at radius 1 is 1.04 bits per heavy atom. The van der Waals surface area contributed by atoms with E-state index in [9.17, 15) is 14.0 Å². The van der Waals surface area contributed by atoms with Gasteiger partial charge >= 0.3 is 5.97 Å². The van der Waals surface area contributed by atoms with Crippen LogP contribution in [0.3, 0.4) is 0 Å². The molecule has 0 saturated heterocycles. The second-order valence-corrected chi connectivity index (χ2v) is 5.86. The molecule has 0 aliphatic heterocycles. The van der Waals surface area contributed by atoms with Crippen molar-refractivity contribution in [3.05, 3.63) is 58.9 Å². The van der Waals surface area contributed by atoms with Crippen molar-refractivity contribution in [1.29, 1.82) is 0 Å². The van der Waals surface area contributed by atoms with Gasteiger partial charge in [0.15, 0.2) is 0 Å². The van der Waals surface area contributed by atoms with Gasteiger partial charge in [0.1, 0.15) is 17.3 Å². The normalized spacial score (nSPS) is 11.4. The molecule has 0 bridgehead atoms. The largest absolute Gasteiger partial charge is 0.496 e. The van der Waals surface area contributed by atoms with E-state index in [1.54, 1.807) is 12.1 Å². The first-order valence-electron chi connectivity index (χ1n) is 8.25. The fraction of sp³-hybridized carbons (Fsp3) is 0.300. The van der Waals surface area contributed by atoms with Gasteiger partial charge in [0, 0.05) is 11.1 Å². The number of carbonyl (C=O) groups excluding carboxylic acids is 2. The molecule has 0 heterocycles. The fourth-order valence-corrected chi connectivity index (χ4v) is 2.66. The minimum absolute atomic E-state index is 0.0893. The molecule has 27 heavy (non-hydrogen) atoms. The number of hydrogen-bond acceptors (Lipinski definition) is 5. The SMILES string of the molecule is COC(=O)CC(NC(=O)c1cc(OC)c(C)c(OC)c1)c1ccc(F)cc1. The van der Waals surface area contributed by atoms with Crippen molar-refractivity contribution in [3.63, 3.8) is 0 Å². The molecule has 144 valence electrons. The molecule has 2 rings (SSSR count). The first-order chi connectivity index (χ1) is 12.9. The summed E-state index contributed by atoms with van der Waals surface area (Å²) in [7, 11) is 4.27. The summed E-state index contributed by atoms with van der Waals surface area (Å²) in [5.41, 5.74) is 1.66. The Labute approximate surface area is 157 Å². The van der Waals surface area contributed by atoms with Gasteiger partial charge < -0.3 is 19.5 Å². The van der Waals surface area contributed by atoms with E-state index in [0.717, 1.165) is 5.56 Å². The third kappa shape index (κ3) is 4.97. The highest BCUT2D eigenvalue weighted by Gasteiger charge is 2.21. The van der Waals surface area contributed by atoms with Gasteiger partial charge in [0.2, 0.25) is 0 Å². The minimum Gasteiger partial charge on any atom is -0.496 e. The average Bonchev–Trinajstić information content (AvgIpc) is 2.67. The molecule has 0 aliphatic carbocycles. The van der Waals surface area contributed by atoms with Crippen LogP contribution in [0.2, 0.25) is 0 Å². The monoisotopic (exact) mass is 375 g/mol. The molecule has 1 amide bonds. The van der Waals surface area contributed by atoms with Crippen LogP contribution in [-0.4, -0.2) is 33.2 Å². The van der Waals surface area contributed by atoms with Crippen LogP contribution in [-0.2, 0) is 9.53 Å². The molecule has 0 aliphatic rings. The Morgan fingerprint density at radius 3 is 2.07 bits per heavy atom. The van der Waals surface area contributed by atoms with Crippen LogP contribution < -0.4 is 14.8 Å². The molecule has 0 spiro atoms. The Balaban J connectivity index is 2.32. The molecule has 0 aromatic heterocycles. The van der Waals surface area contributed by atoms with E-state index in [1.165, 1.54) is 45.6 Å². The van der Waals surface area contributed by atoms with Crippen LogP contribution in [0.1, 0.15) is 33.9 Å². The summed E-state index contributed by atoms with van der Waals surface area (Å²) in [6.45, 7) is 1.82. The number of methoxy groups -OCH3 is 3. The lowest BCUT2D eigenvalue weighted by atomic mass is 10.0. The predicted octanol–water partition coefficient (Wildman–Crippen LogP) is 3.19. The van der Waals surface area contributed by atoms with E-state index in [0.29, 0.717) is 22.6 Å². The summed E-state index contributed by atoms with van der Waals surface area (Å²) < 4.78 is 28.5. The Bertz CT molecular complexity index is 795. The van der Waals surface area contributed by atoms with Crippen molar-refractivity contribution in [2.75, 3.05) is 21.3 Å². The van der Waals surface area contributed by atoms with Gasteiger partial charge in [-0.2, -0.15) is 0 Å². The number of benzene rings is 2. The third-order valence-electron chi connectivity index (χ3n) is 4.19. The number of carbonyl (C=O) groups is 2. The fourth-order valence-electron chi connectivity index (χ4n) is 2.66. The van der Waals surface area contributed by atoms with Crippen molar-refractivity contribution >= 4 is 11.9 Å². The van der Waals surface area contributed by atoms with E-state index >= 15 is 0 Å². The average molecular weight is 375 g/mol. The number of rotatable bonds is 7. The highest BCUT2D eigenvalue weighted by atomic mass is 19.1. The lowest BCUT2D eigenvalue weighted by Gasteiger charge is -2.19. The van der Waals surface area contributed by atoms with E-state index in [2.05, 4.69) is 5.32 Å². The van der Waals surface area contributed by atoms with E-state index < -0.39 is 23.7 Å². The van der Waals surface area contributed by atoms with Crippen molar-refractivity contribution in [1.82, 2.24) is 5.32 Å². The van der Waals surface area contributed by atoms with Crippen LogP contribution in [0.15, 0.2) is 36.4 Å². The van der Waals surface area contributed by atoms with Crippen LogP contribution >= 0.6 is 0 Å². The first kappa shape index (κ1) is 20.2. The lowest BCUT2D eigenvalue weighted by Crippen LogP contribution is -2.30. The van der Waals surface area contributed by atoms with Crippen molar-refractivity contribution in [2.24, 2.45) is 0 Å². The van der Waals surface area contributed by atoms with Gasteiger partial charge in [0.25, 0.3) is 5.91 Å². The van der Waals surface area contributed by atoms with Crippen LogP contribution in [0.5, 0.6) is 11.5 Å². The lowest BCUT2D eigenvalue weighted by molar-refractivity contribution is -0.141. The molecule has 7 heteroatoms. The molecule has 1 unspecified atom stereocenters. The number of halogens is 1. The molecule has 2 aromatic rings. The highest BCUT2D eigenvalue weighted by molar-refractivity contribution is 5.95. The van der Waals surface area contributed by atoms with Gasteiger partial charge in [-0.3, -0.25) is 9.59 Å². The molecular weight excluding hydrogens is 353 g/mol. The summed E-state index contributed by atoms with van der Waals surface area (Å²) in [6.07, 6.45) is -0.0893. The number of esters is 1. The number of hydrogen-bond donors (Lipinski definition) is 1. The summed E-state index contributed by atoms with van der Waals surface area (Å²) in [5.74, 6) is -0.319. The Kier molecular flexibility index (Phi) is 6.76. The predicted molar refractivity (Wildman–Crippen MR) is 97.5 cm³/mol. The van der Waals surface area contributed by atoms with Crippen LogP contribution in [0.25, 0.3) is 0 Å². The number of ether oxygens (including phenoxy) is 3. The zero-order valence-corrected chi connectivity index (χ0v) is 15.7. The standard InChI is InChI=1S/C20H22FNO5/c1-12-17(25-2)9-14(10-18(12)26-3)20(24)22-16(11-19(23)27-4)13-5-7-15(21)8-6-13/h5-10,16H,11H2,1-4H3,(H,22,24). The van der Waals surface area contributed by atoms with Crippen molar-refractivity contribution < 1.29 is 28.2 Å². The molecule has 1 N–H and O–H groups in total. The van der Waals surface area contributed by atoms with Crippen molar-refractivity contribution in [2.45, 2.75) is 19.4 Å². The summed E-state index contributed by atoms with van der Waals surface area (Å²) in [6, 6.07) is 8.07. The Morgan fingerprint density at radius 2 is 1.59 bits per heavy atom. The second-order valence-electron chi connectivity index (χ2n) is 5.86. The second kappa shape index (κ2) is 9.02. The maximum absolute atomic E-state index is 13.2. The number of amides is 1. The van der Waals surface area contributed by atoms with Gasteiger partial charge in [-0.05, 0) is 36.8 Å². The molecule has 6 nitrogen and oxygen atoms in total. The van der Waals surface area contributed by atoms with Crippen LogP contribution in [0.4, 0.5) is 4.39 Å². The zero-order valence-electron chi connectivity index (χ0n) is 15.7. The van der Waals surface area contributed by atoms with Gasteiger partial charge in [-0.15, -0.1) is 0 Å².